The zero-order chi connectivity index (χ0) is 23.9. The number of amides is 1. The fourth-order valence-electron chi connectivity index (χ4n) is 4.97. The zero-order valence-corrected chi connectivity index (χ0v) is 19.4. The molecule has 33 heavy (non-hydrogen) atoms. The predicted molar refractivity (Wildman–Crippen MR) is 116 cm³/mol. The van der Waals surface area contributed by atoms with Crippen molar-refractivity contribution in [1.82, 2.24) is 20.9 Å². The molecule has 0 bridgehead atoms. The van der Waals surface area contributed by atoms with Gasteiger partial charge in [-0.3, -0.25) is 9.78 Å². The topological polar surface area (TPSA) is 154 Å². The van der Waals surface area contributed by atoms with Crippen LogP contribution in [0.5, 0.6) is 0 Å². The average Bonchev–Trinajstić information content (AvgIpc) is 2.74. The van der Waals surface area contributed by atoms with Gasteiger partial charge in [0.1, 0.15) is 18.3 Å². The molecule has 3 fully saturated rings. The Hall–Kier alpha value is -1.41. The molecule has 0 spiro atoms. The smallest absolute Gasteiger partial charge is 0.239 e. The van der Waals surface area contributed by atoms with E-state index in [9.17, 15) is 20.1 Å². The Bertz CT molecular complexity index is 866. The number of nitrogens with zero attached hydrogens (tertiary/aromatic N) is 1. The predicted octanol–water partition coefficient (Wildman–Crippen LogP) is -1.72. The number of aliphatic hydroxyl groups excluding tert-OH is 2. The van der Waals surface area contributed by atoms with E-state index in [2.05, 4.69) is 20.9 Å². The van der Waals surface area contributed by atoms with Crippen molar-refractivity contribution in [2.45, 2.75) is 80.5 Å². The van der Waals surface area contributed by atoms with E-state index in [1.807, 2.05) is 0 Å². The normalized spacial score (nSPS) is 42.8. The molecule has 4 rings (SSSR count). The van der Waals surface area contributed by atoms with Crippen LogP contribution in [0.15, 0.2) is 18.3 Å². The largest absolute Gasteiger partial charge is 0.390 e. The monoisotopic (exact) mass is 486 g/mol. The summed E-state index contributed by atoms with van der Waals surface area (Å²) in [6.07, 6.45) is -3.81. The highest BCUT2D eigenvalue weighted by atomic mass is 35.5. The van der Waals surface area contributed by atoms with E-state index < -0.39 is 54.6 Å². The van der Waals surface area contributed by atoms with Crippen LogP contribution in [0.25, 0.3) is 0 Å². The van der Waals surface area contributed by atoms with Crippen LogP contribution in [0.3, 0.4) is 0 Å². The van der Waals surface area contributed by atoms with E-state index in [-0.39, 0.29) is 24.9 Å². The standard InChI is InChI=1S/C21H31ClN4O7/c1-9-6-12(26-13(27)8-11-7-10(22)4-5-25-11)21(30)20(31-9)32-19-17(29)14(23-2)16(28)15(24-3)18(19)33-21/h4-5,7,9,12,14-20,23-24,28-30H,6,8H2,1-3H3,(H,26,27)/t9-,12-,14-,15+,16+,17+,18-,19-,20+,21+/m1/s1. The number of halogens is 1. The van der Waals surface area contributed by atoms with Crippen LogP contribution in [0.4, 0.5) is 0 Å². The molecular formula is C21H31ClN4O7. The van der Waals surface area contributed by atoms with Crippen LogP contribution < -0.4 is 16.0 Å². The van der Waals surface area contributed by atoms with Gasteiger partial charge < -0.3 is 45.5 Å². The Morgan fingerprint density at radius 3 is 2.61 bits per heavy atom. The Balaban J connectivity index is 1.55. The summed E-state index contributed by atoms with van der Waals surface area (Å²) < 4.78 is 17.9. The molecular weight excluding hydrogens is 456 g/mol. The van der Waals surface area contributed by atoms with Crippen LogP contribution in [-0.2, 0) is 25.4 Å². The maximum absolute atomic E-state index is 12.8. The molecule has 1 aromatic rings. The van der Waals surface area contributed by atoms with Crippen LogP contribution in [0.2, 0.25) is 5.02 Å². The molecule has 1 amide bonds. The number of carbonyl (C=O) groups is 1. The van der Waals surface area contributed by atoms with Gasteiger partial charge in [0.2, 0.25) is 18.0 Å². The van der Waals surface area contributed by atoms with Crippen LogP contribution in [-0.4, -0.2) is 101 Å². The molecule has 1 aromatic heterocycles. The molecule has 11 nitrogen and oxygen atoms in total. The second kappa shape index (κ2) is 9.68. The molecule has 3 heterocycles. The first-order chi connectivity index (χ1) is 15.7. The lowest BCUT2D eigenvalue weighted by Crippen LogP contribution is -2.79. The van der Waals surface area contributed by atoms with Crippen LogP contribution in [0.1, 0.15) is 19.0 Å². The molecule has 1 saturated carbocycles. The maximum Gasteiger partial charge on any atom is 0.239 e. The van der Waals surface area contributed by atoms with E-state index in [1.54, 1.807) is 33.2 Å². The first-order valence-electron chi connectivity index (χ1n) is 11.0. The molecule has 10 atom stereocenters. The minimum Gasteiger partial charge on any atom is -0.390 e. The number of fused-ring (bicyclic) bond motifs is 2. The Morgan fingerprint density at radius 1 is 1.21 bits per heavy atom. The van der Waals surface area contributed by atoms with Crippen molar-refractivity contribution in [3.05, 3.63) is 29.0 Å². The summed E-state index contributed by atoms with van der Waals surface area (Å²) in [7, 11) is 3.27. The third-order valence-corrected chi connectivity index (χ3v) is 6.84. The van der Waals surface area contributed by atoms with E-state index in [0.717, 1.165) is 0 Å². The van der Waals surface area contributed by atoms with E-state index in [4.69, 9.17) is 25.8 Å². The number of nitrogens with one attached hydrogen (secondary N) is 3. The summed E-state index contributed by atoms with van der Waals surface area (Å²) >= 11 is 5.97. The van der Waals surface area contributed by atoms with Gasteiger partial charge in [-0.05, 0) is 39.6 Å². The fraction of sp³-hybridized carbons (Fsp3) is 0.714. The number of likely N-dealkylation sites (N-methyl/N-ethyl adjacent to an activating group) is 2. The number of hydrogen-bond donors (Lipinski definition) is 6. The number of aromatic nitrogens is 1. The van der Waals surface area contributed by atoms with Crippen molar-refractivity contribution >= 4 is 17.5 Å². The molecule has 6 N–H and O–H groups in total. The molecule has 2 saturated heterocycles. The second-order valence-electron chi connectivity index (χ2n) is 8.82. The van der Waals surface area contributed by atoms with Crippen molar-refractivity contribution in [3.63, 3.8) is 0 Å². The van der Waals surface area contributed by atoms with Crippen molar-refractivity contribution < 1.29 is 34.3 Å². The maximum atomic E-state index is 12.8. The lowest BCUT2D eigenvalue weighted by molar-refractivity contribution is -0.449. The van der Waals surface area contributed by atoms with Gasteiger partial charge in [-0.2, -0.15) is 0 Å². The Labute approximate surface area is 196 Å². The summed E-state index contributed by atoms with van der Waals surface area (Å²) in [4.78, 5) is 16.9. The number of aliphatic hydroxyl groups is 3. The Kier molecular flexibility index (Phi) is 7.25. The quantitative estimate of drug-likeness (QED) is 0.283. The number of rotatable bonds is 5. The second-order valence-corrected chi connectivity index (χ2v) is 9.26. The molecule has 0 radical (unpaired) electrons. The van der Waals surface area contributed by atoms with Gasteiger partial charge in [0.15, 0.2) is 0 Å². The van der Waals surface area contributed by atoms with E-state index >= 15 is 0 Å². The van der Waals surface area contributed by atoms with Gasteiger partial charge in [0.25, 0.3) is 0 Å². The minimum absolute atomic E-state index is 0.0413. The van der Waals surface area contributed by atoms with E-state index in [1.165, 1.54) is 6.20 Å². The average molecular weight is 487 g/mol. The van der Waals surface area contributed by atoms with Gasteiger partial charge >= 0.3 is 0 Å². The first-order valence-corrected chi connectivity index (χ1v) is 11.4. The summed E-state index contributed by atoms with van der Waals surface area (Å²) in [6.45, 7) is 1.79. The molecule has 1 aliphatic carbocycles. The third kappa shape index (κ3) is 4.62. The summed E-state index contributed by atoms with van der Waals surface area (Å²) in [5.41, 5.74) is 0.483. The van der Waals surface area contributed by atoms with Crippen molar-refractivity contribution in [2.75, 3.05) is 14.1 Å². The molecule has 0 aromatic carbocycles. The molecule has 2 aliphatic heterocycles. The first kappa shape index (κ1) is 24.7. The van der Waals surface area contributed by atoms with Crippen LogP contribution >= 0.6 is 11.6 Å². The van der Waals surface area contributed by atoms with Gasteiger partial charge in [-0.1, -0.05) is 11.6 Å². The van der Waals surface area contributed by atoms with Gasteiger partial charge in [-0.15, -0.1) is 0 Å². The summed E-state index contributed by atoms with van der Waals surface area (Å²) in [5, 5.41) is 42.3. The Morgan fingerprint density at radius 2 is 1.94 bits per heavy atom. The number of hydrogen-bond acceptors (Lipinski definition) is 10. The highest BCUT2D eigenvalue weighted by Gasteiger charge is 2.63. The number of ether oxygens (including phenoxy) is 3. The molecule has 0 unspecified atom stereocenters. The van der Waals surface area contributed by atoms with Crippen molar-refractivity contribution in [2.24, 2.45) is 0 Å². The lowest BCUT2D eigenvalue weighted by Gasteiger charge is -2.58. The molecule has 12 heteroatoms. The summed E-state index contributed by atoms with van der Waals surface area (Å²) in [6, 6.07) is 1.00. The highest BCUT2D eigenvalue weighted by Crippen LogP contribution is 2.41. The molecule has 3 aliphatic rings. The zero-order valence-electron chi connectivity index (χ0n) is 18.6. The van der Waals surface area contributed by atoms with Crippen LogP contribution in [0, 0.1) is 0 Å². The highest BCUT2D eigenvalue weighted by molar-refractivity contribution is 6.30. The number of carbonyl (C=O) groups excluding carboxylic acids is 1. The van der Waals surface area contributed by atoms with Gasteiger partial charge in [0, 0.05) is 11.2 Å². The SMILES string of the molecule is CN[C@@H]1[C@H](O)[C@H](NC)[C@H]2O[C@]3(O)[C@H](O[C@@H]2[C@H]1O)O[C@H](C)C[C@H]3NC(=O)Cc1cc(Cl)ccn1. The van der Waals surface area contributed by atoms with Gasteiger partial charge in [-0.25, -0.2) is 0 Å². The van der Waals surface area contributed by atoms with Crippen molar-refractivity contribution in [1.29, 1.82) is 0 Å². The fourth-order valence-corrected chi connectivity index (χ4v) is 5.15. The lowest BCUT2D eigenvalue weighted by atomic mass is 9.79. The number of pyridine rings is 1. The van der Waals surface area contributed by atoms with Crippen molar-refractivity contribution in [3.8, 4) is 0 Å². The summed E-state index contributed by atoms with van der Waals surface area (Å²) in [5.74, 6) is -2.42. The van der Waals surface area contributed by atoms with Gasteiger partial charge in [0.05, 0.1) is 42.4 Å². The minimum atomic E-state index is -2.04. The third-order valence-electron chi connectivity index (χ3n) is 6.61. The molecule has 184 valence electrons. The van der Waals surface area contributed by atoms with E-state index in [0.29, 0.717) is 10.7 Å².